The van der Waals surface area contributed by atoms with E-state index < -0.39 is 23.7 Å². The van der Waals surface area contributed by atoms with Crippen LogP contribution in [0.1, 0.15) is 51.9 Å². The van der Waals surface area contributed by atoms with E-state index in [9.17, 15) is 9.59 Å². The molecule has 7 nitrogen and oxygen atoms in total. The van der Waals surface area contributed by atoms with Crippen LogP contribution in [0.25, 0.3) is 0 Å². The average Bonchev–Trinajstić information content (AvgIpc) is 2.83. The van der Waals surface area contributed by atoms with E-state index in [-0.39, 0.29) is 12.3 Å². The van der Waals surface area contributed by atoms with E-state index in [0.717, 1.165) is 11.4 Å². The van der Waals surface area contributed by atoms with E-state index in [1.54, 1.807) is 20.8 Å². The summed E-state index contributed by atoms with van der Waals surface area (Å²) in [5.41, 5.74) is 1.01. The molecule has 124 valence electrons. The number of amides is 1. The second-order valence-corrected chi connectivity index (χ2v) is 6.40. The van der Waals surface area contributed by atoms with Gasteiger partial charge in [-0.15, -0.1) is 0 Å². The number of esters is 1. The van der Waals surface area contributed by atoms with E-state index in [1.807, 2.05) is 19.9 Å². The van der Waals surface area contributed by atoms with Crippen LogP contribution in [-0.2, 0) is 20.7 Å². The number of hydrogen-bond donors (Lipinski definition) is 2. The predicted octanol–water partition coefficient (Wildman–Crippen LogP) is 2.14. The number of ether oxygens (including phenoxy) is 2. The molecule has 0 saturated carbocycles. The minimum Gasteiger partial charge on any atom is -0.467 e. The Balaban J connectivity index is 2.76. The fourth-order valence-electron chi connectivity index (χ4n) is 1.79. The third-order valence-corrected chi connectivity index (χ3v) is 2.84. The Labute approximate surface area is 130 Å². The van der Waals surface area contributed by atoms with Gasteiger partial charge in [-0.1, -0.05) is 13.8 Å². The number of nitrogens with zero attached hydrogens (tertiary/aromatic N) is 1. The summed E-state index contributed by atoms with van der Waals surface area (Å²) in [5, 5.41) is 9.57. The Kier molecular flexibility index (Phi) is 5.96. The molecule has 0 bridgehead atoms. The number of hydrogen-bond acceptors (Lipinski definition) is 5. The summed E-state index contributed by atoms with van der Waals surface area (Å²) in [6.07, 6.45) is -0.405. The molecule has 0 radical (unpaired) electrons. The molecule has 0 aliphatic rings. The zero-order valence-electron chi connectivity index (χ0n) is 14.0. The van der Waals surface area contributed by atoms with Crippen molar-refractivity contribution in [2.75, 3.05) is 7.11 Å². The maximum Gasteiger partial charge on any atom is 0.408 e. The van der Waals surface area contributed by atoms with Crippen LogP contribution in [0.3, 0.4) is 0 Å². The van der Waals surface area contributed by atoms with Gasteiger partial charge >= 0.3 is 12.1 Å². The van der Waals surface area contributed by atoms with Gasteiger partial charge in [0.2, 0.25) is 0 Å². The molecule has 1 aromatic rings. The first kappa shape index (κ1) is 18.0. The summed E-state index contributed by atoms with van der Waals surface area (Å²) in [7, 11) is 1.28. The van der Waals surface area contributed by atoms with Crippen LogP contribution < -0.4 is 5.32 Å². The van der Waals surface area contributed by atoms with Crippen LogP contribution in [-0.4, -0.2) is 41.0 Å². The van der Waals surface area contributed by atoms with Gasteiger partial charge in [-0.25, -0.2) is 9.59 Å². The molecule has 1 aromatic heterocycles. The fourth-order valence-corrected chi connectivity index (χ4v) is 1.79. The summed E-state index contributed by atoms with van der Waals surface area (Å²) in [4.78, 5) is 23.7. The van der Waals surface area contributed by atoms with Crippen molar-refractivity contribution in [3.63, 3.8) is 0 Å². The van der Waals surface area contributed by atoms with Gasteiger partial charge < -0.3 is 14.8 Å². The van der Waals surface area contributed by atoms with Gasteiger partial charge in [-0.2, -0.15) is 5.10 Å². The molecule has 2 N–H and O–H groups in total. The Morgan fingerprint density at radius 1 is 1.36 bits per heavy atom. The molecule has 1 rings (SSSR count). The van der Waals surface area contributed by atoms with Gasteiger partial charge in [0.15, 0.2) is 0 Å². The monoisotopic (exact) mass is 311 g/mol. The highest BCUT2D eigenvalue weighted by Gasteiger charge is 2.26. The van der Waals surface area contributed by atoms with Crippen LogP contribution in [0.5, 0.6) is 0 Å². The second-order valence-electron chi connectivity index (χ2n) is 6.40. The first-order valence-electron chi connectivity index (χ1n) is 7.24. The standard InChI is InChI=1S/C15H25N3O4/c1-9(2)11-7-10(17-18-11)8-12(13(19)21-6)16-14(20)22-15(3,4)5/h7,9,12H,8H2,1-6H3,(H,16,20)(H,17,18)/t12-/m0/s1. The van der Waals surface area contributed by atoms with Crippen molar-refractivity contribution >= 4 is 12.1 Å². The highest BCUT2D eigenvalue weighted by molar-refractivity contribution is 5.81. The van der Waals surface area contributed by atoms with Crippen LogP contribution in [0.4, 0.5) is 4.79 Å². The van der Waals surface area contributed by atoms with Crippen LogP contribution in [0.15, 0.2) is 6.07 Å². The summed E-state index contributed by atoms with van der Waals surface area (Å²) < 4.78 is 9.89. The second kappa shape index (κ2) is 7.29. The molecule has 0 aromatic carbocycles. The molecule has 1 heterocycles. The fraction of sp³-hybridized carbons (Fsp3) is 0.667. The lowest BCUT2D eigenvalue weighted by Crippen LogP contribution is -2.45. The van der Waals surface area contributed by atoms with Crippen molar-refractivity contribution in [2.45, 2.75) is 58.6 Å². The molecule has 22 heavy (non-hydrogen) atoms. The Morgan fingerprint density at radius 2 is 2.00 bits per heavy atom. The largest absolute Gasteiger partial charge is 0.467 e. The zero-order chi connectivity index (χ0) is 16.9. The number of carbonyl (C=O) groups excluding carboxylic acids is 2. The minimum atomic E-state index is -0.833. The van der Waals surface area contributed by atoms with Crippen LogP contribution in [0, 0.1) is 0 Å². The quantitative estimate of drug-likeness (QED) is 0.813. The topological polar surface area (TPSA) is 93.3 Å². The normalized spacial score (nSPS) is 12.9. The molecule has 7 heteroatoms. The van der Waals surface area contributed by atoms with Gasteiger partial charge in [0.1, 0.15) is 11.6 Å². The number of methoxy groups -OCH3 is 1. The third-order valence-electron chi connectivity index (χ3n) is 2.84. The van der Waals surface area contributed by atoms with Crippen molar-refractivity contribution < 1.29 is 19.1 Å². The van der Waals surface area contributed by atoms with Crippen LogP contribution in [0.2, 0.25) is 0 Å². The lowest BCUT2D eigenvalue weighted by Gasteiger charge is -2.22. The zero-order valence-corrected chi connectivity index (χ0v) is 14.0. The average molecular weight is 311 g/mol. The molecule has 1 atom stereocenters. The molecule has 0 aliphatic heterocycles. The first-order chi connectivity index (χ1) is 10.1. The van der Waals surface area contributed by atoms with E-state index in [0.29, 0.717) is 0 Å². The van der Waals surface area contributed by atoms with E-state index >= 15 is 0 Å². The molecule has 0 fully saturated rings. The van der Waals surface area contributed by atoms with Gasteiger partial charge in [-0.05, 0) is 32.8 Å². The molecule has 0 unspecified atom stereocenters. The van der Waals surface area contributed by atoms with E-state index in [2.05, 4.69) is 15.5 Å². The van der Waals surface area contributed by atoms with E-state index in [1.165, 1.54) is 7.11 Å². The van der Waals surface area contributed by atoms with Crippen molar-refractivity contribution in [3.05, 3.63) is 17.5 Å². The van der Waals surface area contributed by atoms with Gasteiger partial charge in [-0.3, -0.25) is 5.10 Å². The Bertz CT molecular complexity index is 517. The summed E-state index contributed by atoms with van der Waals surface area (Å²) in [6.45, 7) is 9.31. The molecule has 0 aliphatic carbocycles. The van der Waals surface area contributed by atoms with Crippen molar-refractivity contribution in [2.24, 2.45) is 0 Å². The Hall–Kier alpha value is -2.05. The SMILES string of the molecule is COC(=O)[C@H](Cc1cc(C(C)C)n[nH]1)NC(=O)OC(C)(C)C. The van der Waals surface area contributed by atoms with E-state index in [4.69, 9.17) is 9.47 Å². The van der Waals surface area contributed by atoms with Gasteiger partial charge in [0.25, 0.3) is 0 Å². The maximum absolute atomic E-state index is 11.8. The lowest BCUT2D eigenvalue weighted by molar-refractivity contribution is -0.143. The highest BCUT2D eigenvalue weighted by Crippen LogP contribution is 2.14. The number of alkyl carbamates (subject to hydrolysis) is 1. The summed E-state index contributed by atoms with van der Waals surface area (Å²) in [5.74, 6) is -0.257. The van der Waals surface area contributed by atoms with Crippen LogP contribution >= 0.6 is 0 Å². The number of carbonyl (C=O) groups is 2. The van der Waals surface area contributed by atoms with Gasteiger partial charge in [0.05, 0.1) is 12.8 Å². The first-order valence-corrected chi connectivity index (χ1v) is 7.24. The van der Waals surface area contributed by atoms with Crippen molar-refractivity contribution in [1.82, 2.24) is 15.5 Å². The van der Waals surface area contributed by atoms with Crippen molar-refractivity contribution in [1.29, 1.82) is 0 Å². The minimum absolute atomic E-state index is 0.256. The number of aromatic nitrogens is 2. The number of rotatable bonds is 5. The molecular weight excluding hydrogens is 286 g/mol. The summed E-state index contributed by atoms with van der Waals surface area (Å²) in [6, 6.07) is 1.04. The number of nitrogens with one attached hydrogen (secondary N) is 2. The maximum atomic E-state index is 11.8. The highest BCUT2D eigenvalue weighted by atomic mass is 16.6. The smallest absolute Gasteiger partial charge is 0.408 e. The summed E-state index contributed by atoms with van der Waals surface area (Å²) >= 11 is 0. The molecule has 1 amide bonds. The lowest BCUT2D eigenvalue weighted by atomic mass is 10.1. The molecule has 0 saturated heterocycles. The number of H-pyrrole nitrogens is 1. The molecular formula is C15H25N3O4. The predicted molar refractivity (Wildman–Crippen MR) is 81.6 cm³/mol. The Morgan fingerprint density at radius 3 is 2.45 bits per heavy atom. The molecule has 0 spiro atoms. The third kappa shape index (κ3) is 5.75. The van der Waals surface area contributed by atoms with Crippen molar-refractivity contribution in [3.8, 4) is 0 Å². The number of aromatic amines is 1. The van der Waals surface area contributed by atoms with Gasteiger partial charge in [0, 0.05) is 12.1 Å².